The molecule has 0 aliphatic heterocycles. The van der Waals surface area contributed by atoms with Crippen LogP contribution in [0.2, 0.25) is 19.6 Å². The molecular weight excluding hydrogens is 339 g/mol. The van der Waals surface area contributed by atoms with E-state index in [0.29, 0.717) is 6.61 Å². The molecule has 0 bridgehead atoms. The van der Waals surface area contributed by atoms with Crippen LogP contribution in [0.5, 0.6) is 0 Å². The molecule has 1 aliphatic rings. The van der Waals surface area contributed by atoms with Crippen molar-refractivity contribution in [2.24, 2.45) is 0 Å². The average molecular weight is 364 g/mol. The van der Waals surface area contributed by atoms with Gasteiger partial charge in [0.2, 0.25) is 0 Å². The van der Waals surface area contributed by atoms with Gasteiger partial charge in [0.05, 0.1) is 0 Å². The standard InChI is InChI=1S/C5H13OSi.C5H5.CH3.2ClH.O.H2Si.Ti/c1-5-6-7(2,3)4;1-2-4-5-3-1;;;;;;/h1,5H2,2-4H3;1-3H,4H2;1H3;2*1H;;1H2;/q3*-1;;;;;. The van der Waals surface area contributed by atoms with Crippen molar-refractivity contribution in [2.75, 3.05) is 6.61 Å². The van der Waals surface area contributed by atoms with Crippen LogP contribution in [0.25, 0.3) is 0 Å². The molecular formula is C11H25Cl2O2Si2Ti-3. The third-order valence-corrected chi connectivity index (χ3v) is 2.19. The van der Waals surface area contributed by atoms with Crippen LogP contribution in [0, 0.1) is 20.4 Å². The molecule has 0 saturated carbocycles. The van der Waals surface area contributed by atoms with Crippen molar-refractivity contribution in [1.29, 1.82) is 0 Å². The second-order valence-corrected chi connectivity index (χ2v) is 9.76. The Morgan fingerprint density at radius 1 is 1.44 bits per heavy atom. The Balaban J connectivity index is -0.0000000461. The van der Waals surface area contributed by atoms with Crippen molar-refractivity contribution >= 4 is 40.8 Å². The number of allylic oxidation sites excluding steroid dienone is 4. The van der Waals surface area contributed by atoms with E-state index in [9.17, 15) is 0 Å². The third-order valence-electron chi connectivity index (χ3n) is 1.12. The van der Waals surface area contributed by atoms with Gasteiger partial charge in [0.1, 0.15) is 0 Å². The Morgan fingerprint density at radius 3 is 1.94 bits per heavy atom. The van der Waals surface area contributed by atoms with Crippen LogP contribution >= 0.6 is 24.8 Å². The first-order valence-electron chi connectivity index (χ1n) is 4.77. The van der Waals surface area contributed by atoms with E-state index in [1.807, 2.05) is 12.2 Å². The third kappa shape index (κ3) is 43.5. The van der Waals surface area contributed by atoms with Gasteiger partial charge < -0.3 is 18.8 Å². The number of rotatable bonds is 2. The van der Waals surface area contributed by atoms with E-state index in [-0.39, 0.29) is 32.2 Å². The van der Waals surface area contributed by atoms with Crippen LogP contribution in [-0.4, -0.2) is 22.6 Å². The molecule has 2 nitrogen and oxygen atoms in total. The summed E-state index contributed by atoms with van der Waals surface area (Å²) in [6.07, 6.45) is 10.0. The summed E-state index contributed by atoms with van der Waals surface area (Å²) in [6, 6.07) is 0. The fraction of sp³-hybridized carbons (Fsp3) is 0.455. The number of hydrogen-bond donors (Lipinski definition) is 0. The normalized spacial score (nSPS) is 10.0. The van der Waals surface area contributed by atoms with Gasteiger partial charge in [0.15, 0.2) is 8.32 Å². The summed E-state index contributed by atoms with van der Waals surface area (Å²) in [5.74, 6) is 0. The van der Waals surface area contributed by atoms with Gasteiger partial charge in [0, 0.05) is 0 Å². The predicted molar refractivity (Wildman–Crippen MR) is 86.4 cm³/mol. The summed E-state index contributed by atoms with van der Waals surface area (Å²) in [4.78, 5) is 0. The van der Waals surface area contributed by atoms with E-state index in [2.05, 4.69) is 38.7 Å². The molecule has 0 spiro atoms. The SMILES string of the molecule is Cl.Cl.[C-]1=CC=CC1.[CH2-]CO[Si](C)(C)C.[CH3-].[O]=[Ti]=[SiH2]. The molecule has 110 valence electrons. The molecule has 0 saturated heterocycles. The zero-order chi connectivity index (χ0) is 12.2. The Hall–Kier alpha value is 0.968. The molecule has 7 heteroatoms. The van der Waals surface area contributed by atoms with Crippen LogP contribution in [0.3, 0.4) is 0 Å². The van der Waals surface area contributed by atoms with Gasteiger partial charge in [-0.3, -0.25) is 6.08 Å². The first-order chi connectivity index (χ1) is 6.97. The topological polar surface area (TPSA) is 26.3 Å². The second-order valence-electron chi connectivity index (χ2n) is 3.61. The van der Waals surface area contributed by atoms with E-state index in [4.69, 9.17) is 7.75 Å². The summed E-state index contributed by atoms with van der Waals surface area (Å²) in [5, 5.41) is 0. The van der Waals surface area contributed by atoms with Gasteiger partial charge in [-0.2, -0.15) is 6.08 Å². The molecule has 0 radical (unpaired) electrons. The van der Waals surface area contributed by atoms with E-state index in [1.165, 1.54) is 0 Å². The quantitative estimate of drug-likeness (QED) is 0.556. The van der Waals surface area contributed by atoms with Gasteiger partial charge in [-0.1, -0.05) is 6.61 Å². The molecule has 0 atom stereocenters. The van der Waals surface area contributed by atoms with Crippen LogP contribution in [0.4, 0.5) is 0 Å². The summed E-state index contributed by atoms with van der Waals surface area (Å²) < 4.78 is 14.3. The molecule has 0 fully saturated rings. The van der Waals surface area contributed by atoms with Crippen molar-refractivity contribution in [2.45, 2.75) is 26.1 Å². The molecule has 0 N–H and O–H groups in total. The molecule has 0 heterocycles. The van der Waals surface area contributed by atoms with Crippen LogP contribution in [-0.2, 0) is 25.6 Å². The molecule has 0 aromatic rings. The Morgan fingerprint density at radius 2 is 1.89 bits per heavy atom. The Labute approximate surface area is 137 Å². The van der Waals surface area contributed by atoms with E-state index in [0.717, 1.165) is 6.42 Å². The molecule has 0 unspecified atom stereocenters. The predicted octanol–water partition coefficient (Wildman–Crippen LogP) is 3.23. The molecule has 18 heavy (non-hydrogen) atoms. The average Bonchev–Trinajstić information content (AvgIpc) is 2.59. The van der Waals surface area contributed by atoms with E-state index < -0.39 is 26.2 Å². The Bertz CT molecular complexity index is 226. The summed E-state index contributed by atoms with van der Waals surface area (Å²) in [7, 11) is 0.323. The molecule has 0 aromatic heterocycles. The summed E-state index contributed by atoms with van der Waals surface area (Å²) in [6.45, 7) is 10.7. The summed E-state index contributed by atoms with van der Waals surface area (Å²) in [5.41, 5.74) is 0. The van der Waals surface area contributed by atoms with Crippen LogP contribution in [0.1, 0.15) is 6.42 Å². The fourth-order valence-corrected chi connectivity index (χ4v) is 1.26. The summed E-state index contributed by atoms with van der Waals surface area (Å²) >= 11 is -0.722. The first-order valence-corrected chi connectivity index (χ1v) is 12.8. The number of halogens is 2. The van der Waals surface area contributed by atoms with E-state index in [1.54, 1.807) is 7.63 Å². The molecule has 1 aliphatic carbocycles. The fourth-order valence-electron chi connectivity index (χ4n) is 0.646. The van der Waals surface area contributed by atoms with Crippen molar-refractivity contribution in [3.05, 3.63) is 38.7 Å². The minimum absolute atomic E-state index is 0. The van der Waals surface area contributed by atoms with Gasteiger partial charge in [-0.15, -0.1) is 31.2 Å². The molecule has 1 rings (SSSR count). The van der Waals surface area contributed by atoms with Crippen molar-refractivity contribution in [1.82, 2.24) is 0 Å². The van der Waals surface area contributed by atoms with Crippen molar-refractivity contribution in [3.63, 3.8) is 0 Å². The first kappa shape index (κ1) is 31.4. The number of hydrogen-bond acceptors (Lipinski definition) is 2. The molecule has 0 aromatic carbocycles. The maximum atomic E-state index is 9.07. The van der Waals surface area contributed by atoms with Gasteiger partial charge in [-0.25, -0.2) is 12.2 Å². The van der Waals surface area contributed by atoms with Crippen LogP contribution < -0.4 is 0 Å². The minimum atomic E-state index is -1.22. The zero-order valence-electron chi connectivity index (χ0n) is 11.7. The monoisotopic (exact) mass is 363 g/mol. The Kier molecular flexibility index (Phi) is 40.3. The van der Waals surface area contributed by atoms with Gasteiger partial charge in [-0.05, 0) is 19.6 Å². The second kappa shape index (κ2) is 23.1. The maximum absolute atomic E-state index is 9.07. The van der Waals surface area contributed by atoms with Crippen molar-refractivity contribution in [3.8, 4) is 0 Å². The van der Waals surface area contributed by atoms with Gasteiger partial charge >= 0.3 is 28.8 Å². The van der Waals surface area contributed by atoms with Gasteiger partial charge in [0.25, 0.3) is 0 Å². The van der Waals surface area contributed by atoms with E-state index >= 15 is 0 Å². The van der Waals surface area contributed by atoms with Crippen molar-refractivity contribution < 1.29 is 25.6 Å². The molecule has 0 amide bonds. The zero-order valence-corrected chi connectivity index (χ0v) is 17.3. The van der Waals surface area contributed by atoms with Crippen LogP contribution in [0.15, 0.2) is 18.2 Å².